The summed E-state index contributed by atoms with van der Waals surface area (Å²) in [5.74, 6) is 0.472. The third-order valence-corrected chi connectivity index (χ3v) is 7.41. The molecule has 202 valence electrons. The van der Waals surface area contributed by atoms with Crippen molar-refractivity contribution in [2.75, 3.05) is 39.6 Å². The molecule has 6 nitrogen and oxygen atoms in total. The van der Waals surface area contributed by atoms with Crippen molar-refractivity contribution in [1.29, 1.82) is 0 Å². The molecule has 1 heterocycles. The van der Waals surface area contributed by atoms with E-state index in [1.165, 1.54) is 6.42 Å². The molecule has 0 aliphatic heterocycles. The van der Waals surface area contributed by atoms with E-state index in [1.807, 2.05) is 57.5 Å². The van der Waals surface area contributed by atoms with E-state index in [2.05, 4.69) is 34.6 Å². The van der Waals surface area contributed by atoms with Crippen molar-refractivity contribution in [3.8, 4) is 28.1 Å². The van der Waals surface area contributed by atoms with Crippen LogP contribution in [0.15, 0.2) is 48.5 Å². The van der Waals surface area contributed by atoms with Crippen LogP contribution in [0, 0.1) is 6.92 Å². The van der Waals surface area contributed by atoms with Gasteiger partial charge in [0.15, 0.2) is 5.69 Å². The van der Waals surface area contributed by atoms with E-state index in [9.17, 15) is 4.79 Å². The van der Waals surface area contributed by atoms with Crippen LogP contribution in [0.4, 0.5) is 5.69 Å². The van der Waals surface area contributed by atoms with Crippen LogP contribution < -0.4 is 15.4 Å². The predicted molar refractivity (Wildman–Crippen MR) is 157 cm³/mol. The number of benzene rings is 2. The van der Waals surface area contributed by atoms with Gasteiger partial charge in [0.25, 0.3) is 5.91 Å². The summed E-state index contributed by atoms with van der Waals surface area (Å²) >= 11 is 6.52. The first kappa shape index (κ1) is 27.9. The minimum absolute atomic E-state index is 0.145. The standard InChI is InChI=1S/C31H39ClN4O2/c1-21-11-8-9-14-24(21)25-20-27(33-2)30(31(37)34-23-12-6-5-7-13-23)35-29(25)22-15-16-26(32)28(19-22)38-18-10-17-36(3)4/h8-9,11,14-16,19-20,23,33H,5-7,10,12-13,17-18H2,1-4H3,(H,34,37). The first-order chi connectivity index (χ1) is 18.4. The number of ether oxygens (including phenoxy) is 1. The van der Waals surface area contributed by atoms with Gasteiger partial charge in [-0.05, 0) is 69.6 Å². The number of anilines is 1. The first-order valence-corrected chi connectivity index (χ1v) is 13.9. The van der Waals surface area contributed by atoms with Gasteiger partial charge in [0.1, 0.15) is 5.75 Å². The number of rotatable bonds is 10. The summed E-state index contributed by atoms with van der Waals surface area (Å²) < 4.78 is 6.06. The maximum absolute atomic E-state index is 13.5. The number of nitrogens with one attached hydrogen (secondary N) is 2. The zero-order chi connectivity index (χ0) is 27.1. The number of aryl methyl sites for hydroxylation is 1. The van der Waals surface area contributed by atoms with Gasteiger partial charge in [0, 0.05) is 30.8 Å². The third-order valence-electron chi connectivity index (χ3n) is 7.09. The summed E-state index contributed by atoms with van der Waals surface area (Å²) in [6.07, 6.45) is 6.45. The van der Waals surface area contributed by atoms with Gasteiger partial charge in [-0.15, -0.1) is 0 Å². The van der Waals surface area contributed by atoms with E-state index in [0.29, 0.717) is 28.8 Å². The first-order valence-electron chi connectivity index (χ1n) is 13.5. The monoisotopic (exact) mass is 534 g/mol. The molecule has 0 atom stereocenters. The van der Waals surface area contributed by atoms with Crippen LogP contribution in [0.5, 0.6) is 5.75 Å². The van der Waals surface area contributed by atoms with Crippen LogP contribution in [0.1, 0.15) is 54.6 Å². The molecule has 1 aliphatic carbocycles. The van der Waals surface area contributed by atoms with Crippen LogP contribution in [-0.4, -0.2) is 56.1 Å². The van der Waals surface area contributed by atoms with Crippen molar-refractivity contribution in [3.05, 3.63) is 64.8 Å². The van der Waals surface area contributed by atoms with Gasteiger partial charge < -0.3 is 20.3 Å². The Labute approximate surface area is 231 Å². The Morgan fingerprint density at radius 1 is 1.08 bits per heavy atom. The molecule has 0 unspecified atom stereocenters. The topological polar surface area (TPSA) is 66.5 Å². The van der Waals surface area contributed by atoms with Gasteiger partial charge in [0.2, 0.25) is 0 Å². The maximum atomic E-state index is 13.5. The lowest BCUT2D eigenvalue weighted by atomic mass is 9.94. The molecule has 1 saturated carbocycles. The summed E-state index contributed by atoms with van der Waals surface area (Å²) in [6.45, 7) is 3.58. The second kappa shape index (κ2) is 13.1. The van der Waals surface area contributed by atoms with Crippen LogP contribution in [0.25, 0.3) is 22.4 Å². The Kier molecular flexibility index (Phi) is 9.64. The van der Waals surface area contributed by atoms with E-state index in [0.717, 1.165) is 66.6 Å². The molecular formula is C31H39ClN4O2. The lowest BCUT2D eigenvalue weighted by Crippen LogP contribution is -2.37. The SMILES string of the molecule is CNc1cc(-c2ccccc2C)c(-c2ccc(Cl)c(OCCCN(C)C)c2)nc1C(=O)NC1CCCCC1. The molecule has 0 saturated heterocycles. The normalized spacial score (nSPS) is 13.9. The van der Waals surface area contributed by atoms with E-state index in [4.69, 9.17) is 21.3 Å². The molecule has 0 bridgehead atoms. The molecule has 1 amide bonds. The molecule has 2 aromatic carbocycles. The fourth-order valence-electron chi connectivity index (χ4n) is 5.00. The van der Waals surface area contributed by atoms with E-state index >= 15 is 0 Å². The number of halogens is 1. The molecular weight excluding hydrogens is 496 g/mol. The van der Waals surface area contributed by atoms with Gasteiger partial charge in [-0.25, -0.2) is 4.98 Å². The second-order valence-corrected chi connectivity index (χ2v) is 10.7. The fourth-order valence-corrected chi connectivity index (χ4v) is 5.17. The highest BCUT2D eigenvalue weighted by Gasteiger charge is 2.23. The van der Waals surface area contributed by atoms with Crippen molar-refractivity contribution in [2.24, 2.45) is 0 Å². The minimum Gasteiger partial charge on any atom is -0.492 e. The molecule has 7 heteroatoms. The number of amides is 1. The van der Waals surface area contributed by atoms with Gasteiger partial charge in [-0.1, -0.05) is 61.2 Å². The molecule has 2 N–H and O–H groups in total. The molecule has 4 rings (SSSR count). The van der Waals surface area contributed by atoms with Crippen LogP contribution >= 0.6 is 11.6 Å². The number of pyridine rings is 1. The Hall–Kier alpha value is -3.09. The van der Waals surface area contributed by atoms with Gasteiger partial charge in [-0.3, -0.25) is 4.79 Å². The summed E-state index contributed by atoms with van der Waals surface area (Å²) in [6, 6.07) is 16.2. The zero-order valence-corrected chi connectivity index (χ0v) is 23.7. The Morgan fingerprint density at radius 2 is 1.84 bits per heavy atom. The minimum atomic E-state index is -0.145. The maximum Gasteiger partial charge on any atom is 0.272 e. The Bertz CT molecular complexity index is 1250. The quantitative estimate of drug-likeness (QED) is 0.280. The van der Waals surface area contributed by atoms with Crippen LogP contribution in [-0.2, 0) is 0 Å². The van der Waals surface area contributed by atoms with Crippen molar-refractivity contribution < 1.29 is 9.53 Å². The van der Waals surface area contributed by atoms with Gasteiger partial charge in [0.05, 0.1) is 23.0 Å². The number of hydrogen-bond donors (Lipinski definition) is 2. The number of nitrogens with zero attached hydrogens (tertiary/aromatic N) is 2. The highest BCUT2D eigenvalue weighted by molar-refractivity contribution is 6.32. The summed E-state index contributed by atoms with van der Waals surface area (Å²) in [7, 11) is 5.92. The number of carbonyl (C=O) groups excluding carboxylic acids is 1. The molecule has 3 aromatic rings. The van der Waals surface area contributed by atoms with Crippen LogP contribution in [0.2, 0.25) is 5.02 Å². The highest BCUT2D eigenvalue weighted by Crippen LogP contribution is 2.38. The van der Waals surface area contributed by atoms with Gasteiger partial charge in [-0.2, -0.15) is 0 Å². The smallest absolute Gasteiger partial charge is 0.272 e. The van der Waals surface area contributed by atoms with Gasteiger partial charge >= 0.3 is 0 Å². The van der Waals surface area contributed by atoms with E-state index in [1.54, 1.807) is 0 Å². The number of hydrogen-bond acceptors (Lipinski definition) is 5. The van der Waals surface area contributed by atoms with Crippen molar-refractivity contribution in [3.63, 3.8) is 0 Å². The van der Waals surface area contributed by atoms with Crippen molar-refractivity contribution in [1.82, 2.24) is 15.2 Å². The largest absolute Gasteiger partial charge is 0.492 e. The van der Waals surface area contributed by atoms with Crippen molar-refractivity contribution >= 4 is 23.2 Å². The highest BCUT2D eigenvalue weighted by atomic mass is 35.5. The summed E-state index contributed by atoms with van der Waals surface area (Å²) in [5, 5.41) is 7.00. The van der Waals surface area contributed by atoms with E-state index in [-0.39, 0.29) is 11.9 Å². The number of carbonyl (C=O) groups is 1. The third kappa shape index (κ3) is 6.86. The zero-order valence-electron chi connectivity index (χ0n) is 22.9. The molecule has 1 fully saturated rings. The Balaban J connectivity index is 1.76. The molecule has 1 aromatic heterocycles. The van der Waals surface area contributed by atoms with E-state index < -0.39 is 0 Å². The molecule has 0 radical (unpaired) electrons. The predicted octanol–water partition coefficient (Wildman–Crippen LogP) is 6.81. The molecule has 1 aliphatic rings. The average Bonchev–Trinajstić information content (AvgIpc) is 2.92. The summed E-state index contributed by atoms with van der Waals surface area (Å²) in [4.78, 5) is 20.6. The van der Waals surface area contributed by atoms with Crippen LogP contribution in [0.3, 0.4) is 0 Å². The second-order valence-electron chi connectivity index (χ2n) is 10.3. The number of aromatic nitrogens is 1. The average molecular weight is 535 g/mol. The molecule has 0 spiro atoms. The summed E-state index contributed by atoms with van der Waals surface area (Å²) in [5.41, 5.74) is 5.82. The van der Waals surface area contributed by atoms with Crippen molar-refractivity contribution in [2.45, 2.75) is 51.5 Å². The Morgan fingerprint density at radius 3 is 2.55 bits per heavy atom. The molecule has 38 heavy (non-hydrogen) atoms. The lowest BCUT2D eigenvalue weighted by Gasteiger charge is -2.23. The lowest BCUT2D eigenvalue weighted by molar-refractivity contribution is 0.0923. The fraction of sp³-hybridized carbons (Fsp3) is 0.419.